The van der Waals surface area contributed by atoms with Gasteiger partial charge in [0.05, 0.1) is 5.52 Å². The third-order valence-electron chi connectivity index (χ3n) is 5.34. The van der Waals surface area contributed by atoms with Crippen LogP contribution in [0.5, 0.6) is 0 Å². The normalized spacial score (nSPS) is 10.9. The summed E-state index contributed by atoms with van der Waals surface area (Å²) in [5, 5.41) is 10.2. The molecule has 4 heteroatoms. The van der Waals surface area contributed by atoms with Crippen molar-refractivity contribution in [3.8, 4) is 22.3 Å². The molecule has 3 aromatic carbocycles. The molecule has 1 N–H and O–H groups in total. The number of anilines is 1. The summed E-state index contributed by atoms with van der Waals surface area (Å²) in [5.41, 5.74) is 6.58. The molecule has 0 aliphatic carbocycles. The van der Waals surface area contributed by atoms with Crippen LogP contribution in [0, 0.1) is 0 Å². The zero-order chi connectivity index (χ0) is 21.1. The Balaban J connectivity index is 1.88. The van der Waals surface area contributed by atoms with Gasteiger partial charge in [-0.1, -0.05) is 67.6 Å². The largest absolute Gasteiger partial charge is 0.480 e. The van der Waals surface area contributed by atoms with Crippen LogP contribution in [0.4, 0.5) is 5.82 Å². The number of likely N-dealkylation sites (N-methyl/N-ethyl adjacent to an activating group) is 1. The van der Waals surface area contributed by atoms with Gasteiger partial charge in [-0.15, -0.1) is 0 Å². The summed E-state index contributed by atoms with van der Waals surface area (Å²) in [5.74, 6) is -0.240. The molecule has 0 aliphatic heterocycles. The number of nitrogens with zero attached hydrogens (tertiary/aromatic N) is 2. The average molecular weight is 396 g/mol. The summed E-state index contributed by atoms with van der Waals surface area (Å²) >= 11 is 0. The highest BCUT2D eigenvalue weighted by molar-refractivity contribution is 5.98. The first kappa shape index (κ1) is 19.6. The predicted molar refractivity (Wildman–Crippen MR) is 123 cm³/mol. The predicted octanol–water partition coefficient (Wildman–Crippen LogP) is 5.65. The fourth-order valence-corrected chi connectivity index (χ4v) is 3.66. The molecule has 4 rings (SSSR count). The maximum absolute atomic E-state index is 11.2. The van der Waals surface area contributed by atoms with Gasteiger partial charge < -0.3 is 10.0 Å². The molecule has 4 nitrogen and oxygen atoms in total. The molecule has 0 unspecified atom stereocenters. The Bertz CT molecular complexity index is 1190. The second kappa shape index (κ2) is 8.37. The number of carboxylic acid groups (broad SMARTS) is 1. The minimum absolute atomic E-state index is 0.103. The molecule has 0 saturated carbocycles. The SMILES string of the molecule is CCc1ccc(-c2ccc3nc(N(C)CC(=O)O)cc(-c4ccccc4)c3c2)cc1. The van der Waals surface area contributed by atoms with E-state index in [-0.39, 0.29) is 6.54 Å². The molecule has 4 aromatic rings. The number of hydrogen-bond donors (Lipinski definition) is 1. The molecular weight excluding hydrogens is 372 g/mol. The van der Waals surface area contributed by atoms with Crippen molar-refractivity contribution in [3.63, 3.8) is 0 Å². The van der Waals surface area contributed by atoms with Gasteiger partial charge in [-0.05, 0) is 52.4 Å². The molecule has 0 saturated heterocycles. The minimum atomic E-state index is -0.883. The molecule has 0 fully saturated rings. The Morgan fingerprint density at radius 1 is 0.900 bits per heavy atom. The van der Waals surface area contributed by atoms with Gasteiger partial charge in [0.25, 0.3) is 0 Å². The van der Waals surface area contributed by atoms with Gasteiger partial charge in [0.2, 0.25) is 0 Å². The molecule has 150 valence electrons. The van der Waals surface area contributed by atoms with E-state index in [0.29, 0.717) is 5.82 Å². The zero-order valence-electron chi connectivity index (χ0n) is 17.2. The van der Waals surface area contributed by atoms with E-state index in [0.717, 1.165) is 34.0 Å². The first-order valence-corrected chi connectivity index (χ1v) is 10.1. The molecule has 0 radical (unpaired) electrons. The van der Waals surface area contributed by atoms with E-state index < -0.39 is 5.97 Å². The Hall–Kier alpha value is -3.66. The number of aliphatic carboxylic acids is 1. The topological polar surface area (TPSA) is 53.4 Å². The van der Waals surface area contributed by atoms with Crippen molar-refractivity contribution in [1.29, 1.82) is 0 Å². The molecular formula is C26H24N2O2. The van der Waals surface area contributed by atoms with Crippen LogP contribution in [0.2, 0.25) is 0 Å². The van der Waals surface area contributed by atoms with Gasteiger partial charge in [-0.3, -0.25) is 4.79 Å². The highest BCUT2D eigenvalue weighted by Gasteiger charge is 2.13. The molecule has 30 heavy (non-hydrogen) atoms. The van der Waals surface area contributed by atoms with E-state index in [9.17, 15) is 9.90 Å². The lowest BCUT2D eigenvalue weighted by Crippen LogP contribution is -2.25. The third-order valence-corrected chi connectivity index (χ3v) is 5.34. The monoisotopic (exact) mass is 396 g/mol. The van der Waals surface area contributed by atoms with Crippen molar-refractivity contribution < 1.29 is 9.90 Å². The first-order chi connectivity index (χ1) is 14.5. The highest BCUT2D eigenvalue weighted by atomic mass is 16.4. The number of aryl methyl sites for hydroxylation is 1. The molecule has 1 heterocycles. The van der Waals surface area contributed by atoms with Gasteiger partial charge in [0, 0.05) is 12.4 Å². The number of pyridine rings is 1. The Morgan fingerprint density at radius 3 is 2.27 bits per heavy atom. The van der Waals surface area contributed by atoms with Crippen LogP contribution in [0.15, 0.2) is 78.9 Å². The van der Waals surface area contributed by atoms with E-state index in [1.165, 1.54) is 11.1 Å². The van der Waals surface area contributed by atoms with Crippen molar-refractivity contribution in [1.82, 2.24) is 4.98 Å². The van der Waals surface area contributed by atoms with E-state index in [1.54, 1.807) is 11.9 Å². The summed E-state index contributed by atoms with van der Waals surface area (Å²) in [4.78, 5) is 17.6. The van der Waals surface area contributed by atoms with Crippen LogP contribution in [0.25, 0.3) is 33.2 Å². The summed E-state index contributed by atoms with van der Waals surface area (Å²) in [6.07, 6.45) is 1.02. The van der Waals surface area contributed by atoms with Gasteiger partial charge in [0.15, 0.2) is 0 Å². The Morgan fingerprint density at radius 2 is 1.60 bits per heavy atom. The number of benzene rings is 3. The number of hydrogen-bond acceptors (Lipinski definition) is 3. The zero-order valence-corrected chi connectivity index (χ0v) is 17.2. The summed E-state index contributed by atoms with van der Waals surface area (Å²) < 4.78 is 0. The summed E-state index contributed by atoms with van der Waals surface area (Å²) in [6, 6.07) is 27.0. The number of aromatic nitrogens is 1. The van der Waals surface area contributed by atoms with Gasteiger partial charge >= 0.3 is 5.97 Å². The molecule has 0 bridgehead atoms. The van der Waals surface area contributed by atoms with Crippen LogP contribution < -0.4 is 4.90 Å². The number of carboxylic acids is 1. The standard InChI is InChI=1S/C26H24N2O2/c1-3-18-9-11-19(12-10-18)21-13-14-24-23(15-21)22(20-7-5-4-6-8-20)16-25(27-24)28(2)17-26(29)30/h4-16H,3,17H2,1-2H3,(H,29,30). The quantitative estimate of drug-likeness (QED) is 0.457. The van der Waals surface area contributed by atoms with Crippen molar-refractivity contribution >= 4 is 22.7 Å². The maximum atomic E-state index is 11.2. The van der Waals surface area contributed by atoms with Crippen LogP contribution >= 0.6 is 0 Å². The summed E-state index contributed by atoms with van der Waals surface area (Å²) in [7, 11) is 1.75. The highest BCUT2D eigenvalue weighted by Crippen LogP contribution is 2.34. The van der Waals surface area contributed by atoms with Crippen molar-refractivity contribution in [2.45, 2.75) is 13.3 Å². The molecule has 0 amide bonds. The summed E-state index contributed by atoms with van der Waals surface area (Å²) in [6.45, 7) is 2.05. The van der Waals surface area contributed by atoms with E-state index in [1.807, 2.05) is 30.3 Å². The Kier molecular flexibility index (Phi) is 5.48. The van der Waals surface area contributed by atoms with Crippen LogP contribution in [-0.4, -0.2) is 29.7 Å². The van der Waals surface area contributed by atoms with Gasteiger partial charge in [0.1, 0.15) is 12.4 Å². The number of fused-ring (bicyclic) bond motifs is 1. The van der Waals surface area contributed by atoms with E-state index in [2.05, 4.69) is 55.5 Å². The molecule has 0 spiro atoms. The van der Waals surface area contributed by atoms with Crippen molar-refractivity contribution in [2.75, 3.05) is 18.5 Å². The van der Waals surface area contributed by atoms with Crippen LogP contribution in [0.1, 0.15) is 12.5 Å². The second-order valence-corrected chi connectivity index (χ2v) is 7.43. The van der Waals surface area contributed by atoms with Gasteiger partial charge in [-0.25, -0.2) is 4.98 Å². The van der Waals surface area contributed by atoms with E-state index >= 15 is 0 Å². The number of rotatable bonds is 6. The van der Waals surface area contributed by atoms with Gasteiger partial charge in [-0.2, -0.15) is 0 Å². The fraction of sp³-hybridized carbons (Fsp3) is 0.154. The third kappa shape index (κ3) is 4.03. The van der Waals surface area contributed by atoms with E-state index in [4.69, 9.17) is 4.98 Å². The van der Waals surface area contributed by atoms with Crippen LogP contribution in [0.3, 0.4) is 0 Å². The lowest BCUT2D eigenvalue weighted by molar-refractivity contribution is -0.135. The maximum Gasteiger partial charge on any atom is 0.323 e. The van der Waals surface area contributed by atoms with Crippen molar-refractivity contribution in [3.05, 3.63) is 84.4 Å². The number of carbonyl (C=O) groups is 1. The fourth-order valence-electron chi connectivity index (χ4n) is 3.66. The van der Waals surface area contributed by atoms with Crippen molar-refractivity contribution in [2.24, 2.45) is 0 Å². The average Bonchev–Trinajstić information content (AvgIpc) is 2.78. The minimum Gasteiger partial charge on any atom is -0.480 e. The molecule has 0 atom stereocenters. The van der Waals surface area contributed by atoms with Crippen LogP contribution in [-0.2, 0) is 11.2 Å². The smallest absolute Gasteiger partial charge is 0.323 e. The first-order valence-electron chi connectivity index (χ1n) is 10.1. The Labute approximate surface area is 176 Å². The second-order valence-electron chi connectivity index (χ2n) is 7.43. The molecule has 1 aromatic heterocycles. The lowest BCUT2D eigenvalue weighted by Gasteiger charge is -2.18. The lowest BCUT2D eigenvalue weighted by atomic mass is 9.96. The molecule has 0 aliphatic rings.